The van der Waals surface area contributed by atoms with Crippen LogP contribution in [0.3, 0.4) is 0 Å². The number of nitrogens with one attached hydrogen (secondary N) is 1. The van der Waals surface area contributed by atoms with Gasteiger partial charge in [0.15, 0.2) is 0 Å². The Balaban J connectivity index is 1.60. The number of nitrogens with zero attached hydrogens (tertiary/aromatic N) is 1. The Kier molecular flexibility index (Phi) is 9.92. The van der Waals surface area contributed by atoms with Gasteiger partial charge < -0.3 is 24.8 Å². The van der Waals surface area contributed by atoms with Crippen molar-refractivity contribution in [3.8, 4) is 11.5 Å². The van der Waals surface area contributed by atoms with E-state index in [1.165, 1.54) is 5.56 Å². The van der Waals surface area contributed by atoms with Crippen molar-refractivity contribution in [2.24, 2.45) is 0 Å². The molecule has 0 fully saturated rings. The van der Waals surface area contributed by atoms with Crippen LogP contribution in [0.2, 0.25) is 0 Å². The summed E-state index contributed by atoms with van der Waals surface area (Å²) in [5.74, 6) is 0.419. The van der Waals surface area contributed by atoms with Crippen molar-refractivity contribution in [3.05, 3.63) is 94.5 Å². The molecule has 3 aromatic rings. The molecule has 218 valence electrons. The number of aryl methyl sites for hydroxylation is 1. The number of carboxylic acid groups (broad SMARTS) is 1. The van der Waals surface area contributed by atoms with E-state index >= 15 is 0 Å². The number of amides is 2. The van der Waals surface area contributed by atoms with E-state index in [-0.39, 0.29) is 24.9 Å². The molecule has 2 N–H and O–H groups in total. The van der Waals surface area contributed by atoms with Gasteiger partial charge in [-0.1, -0.05) is 54.6 Å². The number of carbonyl (C=O) groups is 2. The number of ether oxygens (including phenoxy) is 2. The molecule has 41 heavy (non-hydrogen) atoms. The average molecular weight is 559 g/mol. The number of hydrogen-bond donors (Lipinski definition) is 2. The molecule has 0 spiro atoms. The van der Waals surface area contributed by atoms with Crippen molar-refractivity contribution in [3.63, 3.8) is 0 Å². The summed E-state index contributed by atoms with van der Waals surface area (Å²) in [6.45, 7) is 9.31. The van der Waals surface area contributed by atoms with E-state index in [4.69, 9.17) is 9.47 Å². The Morgan fingerprint density at radius 3 is 2.02 bits per heavy atom. The van der Waals surface area contributed by atoms with Gasteiger partial charge in [0.1, 0.15) is 17.0 Å². The Morgan fingerprint density at radius 2 is 1.49 bits per heavy atom. The minimum absolute atomic E-state index is 0.258. The van der Waals surface area contributed by atoms with Crippen LogP contribution in [0.5, 0.6) is 11.5 Å². The van der Waals surface area contributed by atoms with Crippen molar-refractivity contribution < 1.29 is 24.2 Å². The third-order valence-electron chi connectivity index (χ3n) is 7.96. The van der Waals surface area contributed by atoms with Gasteiger partial charge in [-0.15, -0.1) is 0 Å². The molecule has 0 bridgehead atoms. The van der Waals surface area contributed by atoms with Gasteiger partial charge in [-0.25, -0.2) is 9.59 Å². The SMILES string of the molecule is CCOc1cc(C(C)N(CCCCc2ccccc2)C(=O)NC2(C(=O)O)Cc3ccccc3C2)cc(OCC)c1C. The Morgan fingerprint density at radius 1 is 0.927 bits per heavy atom. The summed E-state index contributed by atoms with van der Waals surface area (Å²) in [4.78, 5) is 28.4. The summed E-state index contributed by atoms with van der Waals surface area (Å²) in [7, 11) is 0. The first-order valence-corrected chi connectivity index (χ1v) is 14.6. The standard InChI is InChI=1S/C34H42N2O5/c1-5-40-30-20-29(21-31(24(30)3)41-6-2)25(4)36(19-13-12-16-26-14-8-7-9-15-26)33(39)35-34(32(37)38)22-27-17-10-11-18-28(27)23-34/h7-11,14-15,17-18,20-21,25H,5-6,12-13,16,19,22-23H2,1-4H3,(H,35,39)(H,37,38). The van der Waals surface area contributed by atoms with Gasteiger partial charge in [-0.05, 0) is 81.3 Å². The number of urea groups is 1. The maximum atomic E-state index is 14.0. The number of carbonyl (C=O) groups excluding carboxylic acids is 1. The molecule has 0 aliphatic heterocycles. The average Bonchev–Trinajstić information content (AvgIpc) is 3.35. The van der Waals surface area contributed by atoms with Gasteiger partial charge in [0, 0.05) is 24.9 Å². The predicted molar refractivity (Wildman–Crippen MR) is 161 cm³/mol. The van der Waals surface area contributed by atoms with Crippen LogP contribution in [-0.2, 0) is 24.1 Å². The monoisotopic (exact) mass is 558 g/mol. The van der Waals surface area contributed by atoms with E-state index in [9.17, 15) is 14.7 Å². The number of aliphatic carboxylic acids is 1. The van der Waals surface area contributed by atoms with Gasteiger partial charge in [0.05, 0.1) is 19.3 Å². The molecule has 0 saturated carbocycles. The number of carboxylic acids is 1. The molecule has 0 heterocycles. The van der Waals surface area contributed by atoms with Crippen LogP contribution in [0.1, 0.15) is 67.5 Å². The quantitative estimate of drug-likeness (QED) is 0.234. The second kappa shape index (κ2) is 13.6. The minimum atomic E-state index is -1.39. The van der Waals surface area contributed by atoms with Crippen molar-refractivity contribution in [2.75, 3.05) is 19.8 Å². The van der Waals surface area contributed by atoms with Gasteiger partial charge in [0.2, 0.25) is 0 Å². The number of hydrogen-bond acceptors (Lipinski definition) is 4. The van der Waals surface area contributed by atoms with Crippen LogP contribution in [0.25, 0.3) is 0 Å². The molecule has 4 rings (SSSR count). The van der Waals surface area contributed by atoms with E-state index in [0.717, 1.165) is 53.0 Å². The number of rotatable bonds is 13. The first-order valence-electron chi connectivity index (χ1n) is 14.6. The molecule has 7 nitrogen and oxygen atoms in total. The summed E-state index contributed by atoms with van der Waals surface area (Å²) in [5, 5.41) is 13.3. The maximum Gasteiger partial charge on any atom is 0.330 e. The van der Waals surface area contributed by atoms with Gasteiger partial charge in [-0.3, -0.25) is 0 Å². The molecule has 0 aromatic heterocycles. The maximum absolute atomic E-state index is 14.0. The summed E-state index contributed by atoms with van der Waals surface area (Å²) in [5.41, 5.74) is 3.57. The molecular formula is C34H42N2O5. The third kappa shape index (κ3) is 7.02. The van der Waals surface area contributed by atoms with Crippen molar-refractivity contribution in [1.29, 1.82) is 0 Å². The fraction of sp³-hybridized carbons (Fsp3) is 0.412. The normalized spacial score (nSPS) is 14.1. The molecule has 1 unspecified atom stereocenters. The van der Waals surface area contributed by atoms with E-state index in [1.807, 2.05) is 82.3 Å². The zero-order valence-corrected chi connectivity index (χ0v) is 24.6. The predicted octanol–water partition coefficient (Wildman–Crippen LogP) is 6.51. The Labute approximate surface area is 243 Å². The molecule has 1 aliphatic carbocycles. The first kappa shape index (κ1) is 30.0. The molecule has 0 radical (unpaired) electrons. The van der Waals surface area contributed by atoms with E-state index in [0.29, 0.717) is 19.8 Å². The van der Waals surface area contributed by atoms with E-state index in [2.05, 4.69) is 17.4 Å². The minimum Gasteiger partial charge on any atom is -0.493 e. The van der Waals surface area contributed by atoms with Crippen molar-refractivity contribution in [2.45, 2.75) is 71.4 Å². The first-order chi connectivity index (χ1) is 19.8. The molecule has 3 aromatic carbocycles. The fourth-order valence-electron chi connectivity index (χ4n) is 5.63. The van der Waals surface area contributed by atoms with Gasteiger partial charge in [-0.2, -0.15) is 0 Å². The lowest BCUT2D eigenvalue weighted by atomic mass is 9.95. The summed E-state index contributed by atoms with van der Waals surface area (Å²) in [6, 6.07) is 21.2. The highest BCUT2D eigenvalue weighted by Gasteiger charge is 2.46. The lowest BCUT2D eigenvalue weighted by molar-refractivity contribution is -0.144. The lowest BCUT2D eigenvalue weighted by Crippen LogP contribution is -2.59. The Hall–Kier alpha value is -4.00. The smallest absolute Gasteiger partial charge is 0.330 e. The highest BCUT2D eigenvalue weighted by Crippen LogP contribution is 2.35. The van der Waals surface area contributed by atoms with E-state index < -0.39 is 11.5 Å². The summed E-state index contributed by atoms with van der Waals surface area (Å²) < 4.78 is 11.8. The largest absolute Gasteiger partial charge is 0.493 e. The molecule has 1 atom stereocenters. The lowest BCUT2D eigenvalue weighted by Gasteiger charge is -2.34. The molecule has 1 aliphatic rings. The number of benzene rings is 3. The second-order valence-corrected chi connectivity index (χ2v) is 10.8. The zero-order valence-electron chi connectivity index (χ0n) is 24.6. The van der Waals surface area contributed by atoms with Crippen LogP contribution >= 0.6 is 0 Å². The topological polar surface area (TPSA) is 88.1 Å². The number of unbranched alkanes of at least 4 members (excludes halogenated alkanes) is 1. The van der Waals surface area contributed by atoms with E-state index in [1.54, 1.807) is 4.90 Å². The van der Waals surface area contributed by atoms with Crippen molar-refractivity contribution >= 4 is 12.0 Å². The highest BCUT2D eigenvalue weighted by molar-refractivity contribution is 5.88. The zero-order chi connectivity index (χ0) is 29.4. The summed E-state index contributed by atoms with van der Waals surface area (Å²) >= 11 is 0. The van der Waals surface area contributed by atoms with Crippen LogP contribution in [0.15, 0.2) is 66.7 Å². The fourth-order valence-corrected chi connectivity index (χ4v) is 5.63. The van der Waals surface area contributed by atoms with Crippen LogP contribution < -0.4 is 14.8 Å². The Bertz CT molecular complexity index is 1290. The highest BCUT2D eigenvalue weighted by atomic mass is 16.5. The molecule has 2 amide bonds. The second-order valence-electron chi connectivity index (χ2n) is 10.8. The molecular weight excluding hydrogens is 516 g/mol. The van der Waals surface area contributed by atoms with Crippen LogP contribution in [-0.4, -0.2) is 47.3 Å². The van der Waals surface area contributed by atoms with Gasteiger partial charge in [0.25, 0.3) is 0 Å². The third-order valence-corrected chi connectivity index (χ3v) is 7.96. The number of fused-ring (bicyclic) bond motifs is 1. The molecule has 7 heteroatoms. The summed E-state index contributed by atoms with van der Waals surface area (Å²) in [6.07, 6.45) is 3.10. The van der Waals surface area contributed by atoms with Gasteiger partial charge >= 0.3 is 12.0 Å². The van der Waals surface area contributed by atoms with Crippen LogP contribution in [0.4, 0.5) is 4.79 Å². The molecule has 0 saturated heterocycles. The van der Waals surface area contributed by atoms with Crippen LogP contribution in [0, 0.1) is 6.92 Å². The van der Waals surface area contributed by atoms with Crippen molar-refractivity contribution in [1.82, 2.24) is 10.2 Å².